The number of hydrogen-bond acceptors (Lipinski definition) is 13. The Morgan fingerprint density at radius 1 is 1.02 bits per heavy atom. The second kappa shape index (κ2) is 19.2. The molecule has 0 unspecified atom stereocenters. The van der Waals surface area contributed by atoms with Gasteiger partial charge in [0, 0.05) is 13.1 Å². The first kappa shape index (κ1) is 41.4. The molecule has 15 nitrogen and oxygen atoms in total. The number of rotatable bonds is 19. The summed E-state index contributed by atoms with van der Waals surface area (Å²) in [6, 6.07) is 12.1. The van der Waals surface area contributed by atoms with E-state index in [1.165, 1.54) is 23.5 Å². The van der Waals surface area contributed by atoms with Gasteiger partial charge in [0.15, 0.2) is 12.6 Å². The lowest BCUT2D eigenvalue weighted by atomic mass is 9.96. The Balaban J connectivity index is 1.35. The molecule has 5 rings (SSSR count). The monoisotopic (exact) mass is 783 g/mol. The molecule has 0 aliphatic carbocycles. The molecule has 3 aliphatic heterocycles. The average molecular weight is 784 g/mol. The zero-order valence-electron chi connectivity index (χ0n) is 31.0. The Labute approximate surface area is 312 Å². The number of carbonyl (C=O) groups excluding carboxylic acids is 1. The van der Waals surface area contributed by atoms with Crippen LogP contribution in [0, 0.1) is 11.8 Å². The molecule has 3 aliphatic rings. The van der Waals surface area contributed by atoms with E-state index >= 15 is 0 Å². The second-order valence-corrected chi connectivity index (χ2v) is 17.5. The number of carbonyl (C=O) groups is 1. The molecule has 17 heteroatoms. The molecule has 2 N–H and O–H groups in total. The molecule has 3 heterocycles. The molecule has 3 saturated heterocycles. The summed E-state index contributed by atoms with van der Waals surface area (Å²) in [6.07, 6.45) is -0.832. The maximum absolute atomic E-state index is 14.2. The van der Waals surface area contributed by atoms with Crippen molar-refractivity contribution in [1.29, 1.82) is 0 Å². The van der Waals surface area contributed by atoms with Gasteiger partial charge >= 0.3 is 13.7 Å². The zero-order valence-corrected chi connectivity index (χ0v) is 32.7. The molecule has 0 radical (unpaired) electrons. The van der Waals surface area contributed by atoms with Crippen LogP contribution in [0.15, 0.2) is 53.4 Å². The molecular weight excluding hydrogens is 729 g/mol. The van der Waals surface area contributed by atoms with Gasteiger partial charge in [-0.2, -0.15) is 4.31 Å². The molecule has 0 saturated carbocycles. The van der Waals surface area contributed by atoms with Crippen molar-refractivity contribution in [2.45, 2.75) is 69.0 Å². The van der Waals surface area contributed by atoms with Gasteiger partial charge in [0.1, 0.15) is 17.6 Å². The van der Waals surface area contributed by atoms with Crippen molar-refractivity contribution in [2.24, 2.45) is 11.8 Å². The third kappa shape index (κ3) is 11.4. The van der Waals surface area contributed by atoms with Gasteiger partial charge in [0.05, 0.1) is 56.5 Å². The molecule has 0 aromatic heterocycles. The standard InChI is InChI=1S/C36H54N3O12PS/c1-5-49-52(42,50-6-2)25-48-29-9-7-26(8-10-29)21-32(37-36(41)51-34-24-47-35-31(34)17-20-46-35)33(40)23-39(22-27-15-18-38(3)19-16-27)53(43,44)30-13-11-28(45-4)12-14-30/h7-14,27,31-35,40H,5-6,15-25H2,1-4H3,(H,37,41)/t31-,32-,33+,34-,35+/m0/s1. The number of benzene rings is 2. The molecule has 53 heavy (non-hydrogen) atoms. The number of piperidine rings is 1. The van der Waals surface area contributed by atoms with Crippen LogP contribution in [0.2, 0.25) is 0 Å². The fourth-order valence-electron chi connectivity index (χ4n) is 6.82. The Hall–Kier alpha value is -2.79. The third-order valence-electron chi connectivity index (χ3n) is 9.82. The van der Waals surface area contributed by atoms with E-state index in [0.29, 0.717) is 30.1 Å². The molecule has 0 spiro atoms. The van der Waals surface area contributed by atoms with E-state index in [4.69, 9.17) is 32.7 Å². The summed E-state index contributed by atoms with van der Waals surface area (Å²) in [7, 11) is -3.95. The number of alkyl carbamates (subject to hydrolysis) is 1. The minimum Gasteiger partial charge on any atom is -0.497 e. The summed E-state index contributed by atoms with van der Waals surface area (Å²) in [5.74, 6) is 0.935. The molecular formula is C36H54N3O12PS. The minimum atomic E-state index is -4.06. The number of sulfonamides is 1. The summed E-state index contributed by atoms with van der Waals surface area (Å²) in [5.41, 5.74) is 0.716. The largest absolute Gasteiger partial charge is 0.497 e. The number of amides is 1. The van der Waals surface area contributed by atoms with Crippen molar-refractivity contribution in [3.8, 4) is 11.5 Å². The summed E-state index contributed by atoms with van der Waals surface area (Å²) < 4.78 is 81.1. The summed E-state index contributed by atoms with van der Waals surface area (Å²) in [5, 5.41) is 14.7. The topological polar surface area (TPSA) is 172 Å². The first-order valence-electron chi connectivity index (χ1n) is 18.2. The minimum absolute atomic E-state index is 0.0747. The van der Waals surface area contributed by atoms with Crippen LogP contribution in [0.25, 0.3) is 0 Å². The Morgan fingerprint density at radius 2 is 1.68 bits per heavy atom. The number of fused-ring (bicyclic) bond motifs is 1. The third-order valence-corrected chi connectivity index (χ3v) is 13.4. The SMILES string of the molecule is CCOP(=O)(COc1ccc(C[C@H](NC(=O)O[C@H]2CO[C@H]3OCC[C@H]32)[C@H](O)CN(CC2CCN(C)CC2)S(=O)(=O)c2ccc(OC)cc2)cc1)OCC. The van der Waals surface area contributed by atoms with Crippen molar-refractivity contribution >= 4 is 23.7 Å². The van der Waals surface area contributed by atoms with Crippen LogP contribution in [0.1, 0.15) is 38.7 Å². The highest BCUT2D eigenvalue weighted by Crippen LogP contribution is 2.48. The number of methoxy groups -OCH3 is 1. The lowest BCUT2D eigenvalue weighted by molar-refractivity contribution is -0.0907. The van der Waals surface area contributed by atoms with Crippen LogP contribution >= 0.6 is 7.60 Å². The fourth-order valence-corrected chi connectivity index (χ4v) is 9.68. The van der Waals surface area contributed by atoms with E-state index in [0.717, 1.165) is 25.9 Å². The van der Waals surface area contributed by atoms with E-state index in [1.807, 2.05) is 7.05 Å². The van der Waals surface area contributed by atoms with Crippen LogP contribution < -0.4 is 14.8 Å². The number of aliphatic hydroxyl groups excluding tert-OH is 1. The smallest absolute Gasteiger partial charge is 0.407 e. The zero-order chi connectivity index (χ0) is 38.0. The van der Waals surface area contributed by atoms with E-state index in [9.17, 15) is 22.9 Å². The second-order valence-electron chi connectivity index (χ2n) is 13.6. The molecule has 1 amide bonds. The number of likely N-dealkylation sites (tertiary alicyclic amines) is 1. The molecule has 2 aromatic carbocycles. The lowest BCUT2D eigenvalue weighted by Crippen LogP contribution is -2.52. The van der Waals surface area contributed by atoms with Crippen LogP contribution in [0.3, 0.4) is 0 Å². The number of ether oxygens (including phenoxy) is 5. The highest BCUT2D eigenvalue weighted by Gasteiger charge is 2.44. The quantitative estimate of drug-likeness (QED) is 0.196. The van der Waals surface area contributed by atoms with E-state index in [-0.39, 0.29) is 62.4 Å². The van der Waals surface area contributed by atoms with E-state index < -0.39 is 48.3 Å². The van der Waals surface area contributed by atoms with Gasteiger partial charge in [0.25, 0.3) is 0 Å². The summed E-state index contributed by atoms with van der Waals surface area (Å²) >= 11 is 0. The Bertz CT molecular complexity index is 1600. The van der Waals surface area contributed by atoms with Gasteiger partial charge in [0.2, 0.25) is 10.0 Å². The van der Waals surface area contributed by atoms with Crippen molar-refractivity contribution in [2.75, 3.05) is 73.1 Å². The normalized spacial score (nSPS) is 22.3. The first-order valence-corrected chi connectivity index (χ1v) is 21.4. The Morgan fingerprint density at radius 3 is 2.32 bits per heavy atom. The van der Waals surface area contributed by atoms with Gasteiger partial charge in [-0.05, 0) is 108 Å². The number of hydrogen-bond donors (Lipinski definition) is 2. The fraction of sp³-hybridized carbons (Fsp3) is 0.639. The van der Waals surface area contributed by atoms with Crippen LogP contribution in [-0.2, 0) is 44.3 Å². The molecule has 296 valence electrons. The van der Waals surface area contributed by atoms with E-state index in [2.05, 4.69) is 10.2 Å². The molecule has 2 aromatic rings. The number of aliphatic hydroxyl groups is 1. The number of nitrogens with zero attached hydrogens (tertiary/aromatic N) is 2. The van der Waals surface area contributed by atoms with Gasteiger partial charge in [-0.3, -0.25) is 4.57 Å². The predicted octanol–water partition coefficient (Wildman–Crippen LogP) is 4.09. The molecule has 5 atom stereocenters. The lowest BCUT2D eigenvalue weighted by Gasteiger charge is -2.35. The predicted molar refractivity (Wildman–Crippen MR) is 195 cm³/mol. The van der Waals surface area contributed by atoms with Gasteiger partial charge in [-0.25, -0.2) is 13.2 Å². The van der Waals surface area contributed by atoms with Crippen molar-refractivity contribution in [3.05, 3.63) is 54.1 Å². The highest BCUT2D eigenvalue weighted by molar-refractivity contribution is 7.89. The van der Waals surface area contributed by atoms with Crippen LogP contribution in [0.4, 0.5) is 4.79 Å². The molecule has 3 fully saturated rings. The van der Waals surface area contributed by atoms with Gasteiger partial charge in [-0.1, -0.05) is 12.1 Å². The first-order chi connectivity index (χ1) is 25.4. The number of nitrogens with one attached hydrogen (secondary N) is 1. The maximum atomic E-state index is 14.2. The van der Waals surface area contributed by atoms with Gasteiger partial charge < -0.3 is 48.1 Å². The van der Waals surface area contributed by atoms with Crippen molar-refractivity contribution in [3.63, 3.8) is 0 Å². The average Bonchev–Trinajstić information content (AvgIpc) is 3.77. The van der Waals surface area contributed by atoms with Gasteiger partial charge in [-0.15, -0.1) is 0 Å². The van der Waals surface area contributed by atoms with Crippen molar-refractivity contribution in [1.82, 2.24) is 14.5 Å². The maximum Gasteiger partial charge on any atom is 0.407 e. The van der Waals surface area contributed by atoms with Crippen LogP contribution in [0.5, 0.6) is 11.5 Å². The van der Waals surface area contributed by atoms with E-state index in [1.54, 1.807) is 50.2 Å². The molecule has 0 bridgehead atoms. The van der Waals surface area contributed by atoms with Crippen LogP contribution in [-0.4, -0.2) is 126 Å². The highest BCUT2D eigenvalue weighted by atomic mass is 32.2. The summed E-state index contributed by atoms with van der Waals surface area (Å²) in [4.78, 5) is 15.7. The summed E-state index contributed by atoms with van der Waals surface area (Å²) in [6.45, 7) is 6.18. The van der Waals surface area contributed by atoms with Crippen molar-refractivity contribution < 1.29 is 55.6 Å². The Kier molecular flexibility index (Phi) is 15.0.